The summed E-state index contributed by atoms with van der Waals surface area (Å²) >= 11 is 0. The molecule has 0 radical (unpaired) electrons. The van der Waals surface area contributed by atoms with E-state index in [1.54, 1.807) is 12.1 Å². The molecule has 3 N–H and O–H groups in total. The first-order valence-electron chi connectivity index (χ1n) is 6.45. The first kappa shape index (κ1) is 15.8. The molecule has 106 valence electrons. The van der Waals surface area contributed by atoms with Crippen molar-refractivity contribution < 1.29 is 9.90 Å². The lowest BCUT2D eigenvalue weighted by molar-refractivity contribution is -0.117. The fraction of sp³-hybridized carbons (Fsp3) is 0.500. The summed E-state index contributed by atoms with van der Waals surface area (Å²) in [6, 6.07) is 5.21. The highest BCUT2D eigenvalue weighted by molar-refractivity contribution is 5.92. The Kier molecular flexibility index (Phi) is 6.12. The van der Waals surface area contributed by atoms with Gasteiger partial charge in [-0.3, -0.25) is 4.79 Å². The zero-order valence-electron chi connectivity index (χ0n) is 11.1. The number of rotatable bonds is 3. The average molecular weight is 285 g/mol. The second-order valence-corrected chi connectivity index (χ2v) is 4.97. The third kappa shape index (κ3) is 4.73. The van der Waals surface area contributed by atoms with Gasteiger partial charge in [0, 0.05) is 6.42 Å². The van der Waals surface area contributed by atoms with Crippen molar-refractivity contribution in [3.8, 4) is 5.75 Å². The number of benzene rings is 1. The molecule has 1 aromatic rings. The van der Waals surface area contributed by atoms with E-state index in [0.29, 0.717) is 18.0 Å². The number of aromatic hydroxyl groups is 1. The topological polar surface area (TPSA) is 61.4 Å². The highest BCUT2D eigenvalue weighted by Gasteiger charge is 2.17. The standard InChI is InChI=1S/C14H20N2O2.ClH/c1-10-2-3-13(17)12(8-10)16-14(18)9-11-4-6-15-7-5-11;/h2-3,8,11,15,17H,4-7,9H2,1H3,(H,16,18);1H. The van der Waals surface area contributed by atoms with Crippen LogP contribution in [0, 0.1) is 12.8 Å². The monoisotopic (exact) mass is 284 g/mol. The molecule has 5 heteroatoms. The Morgan fingerprint density at radius 3 is 2.79 bits per heavy atom. The van der Waals surface area contributed by atoms with Crippen molar-refractivity contribution in [3.63, 3.8) is 0 Å². The van der Waals surface area contributed by atoms with Crippen LogP contribution in [0.3, 0.4) is 0 Å². The molecule has 1 aromatic carbocycles. The summed E-state index contributed by atoms with van der Waals surface area (Å²) in [6.45, 7) is 3.92. The second kappa shape index (κ2) is 7.36. The number of piperidine rings is 1. The molecule has 1 heterocycles. The minimum atomic E-state index is -0.0113. The Bertz CT molecular complexity index is 431. The SMILES string of the molecule is Cc1ccc(O)c(NC(=O)CC2CCNCC2)c1.Cl. The summed E-state index contributed by atoms with van der Waals surface area (Å²) < 4.78 is 0. The fourth-order valence-electron chi connectivity index (χ4n) is 2.30. The molecule has 1 amide bonds. The predicted molar refractivity (Wildman–Crippen MR) is 78.9 cm³/mol. The van der Waals surface area contributed by atoms with E-state index in [0.717, 1.165) is 31.5 Å². The number of carbonyl (C=O) groups excluding carboxylic acids is 1. The van der Waals surface area contributed by atoms with Crippen LogP contribution >= 0.6 is 12.4 Å². The minimum absolute atomic E-state index is 0. The van der Waals surface area contributed by atoms with E-state index >= 15 is 0 Å². The van der Waals surface area contributed by atoms with Gasteiger partial charge in [0.1, 0.15) is 5.75 Å². The quantitative estimate of drug-likeness (QED) is 0.747. The lowest BCUT2D eigenvalue weighted by Crippen LogP contribution is -2.30. The van der Waals surface area contributed by atoms with Gasteiger partial charge in [-0.2, -0.15) is 0 Å². The third-order valence-corrected chi connectivity index (χ3v) is 3.36. The van der Waals surface area contributed by atoms with Gasteiger partial charge in [-0.25, -0.2) is 0 Å². The van der Waals surface area contributed by atoms with E-state index in [2.05, 4.69) is 10.6 Å². The van der Waals surface area contributed by atoms with E-state index in [-0.39, 0.29) is 24.1 Å². The normalized spacial score (nSPS) is 15.6. The Morgan fingerprint density at radius 1 is 1.42 bits per heavy atom. The number of carbonyl (C=O) groups is 1. The Labute approximate surface area is 120 Å². The highest BCUT2D eigenvalue weighted by Crippen LogP contribution is 2.25. The van der Waals surface area contributed by atoms with E-state index in [9.17, 15) is 9.90 Å². The molecule has 0 bridgehead atoms. The number of amides is 1. The van der Waals surface area contributed by atoms with Gasteiger partial charge in [0.25, 0.3) is 0 Å². The maximum Gasteiger partial charge on any atom is 0.224 e. The highest BCUT2D eigenvalue weighted by atomic mass is 35.5. The number of aryl methyl sites for hydroxylation is 1. The number of hydrogen-bond acceptors (Lipinski definition) is 3. The molecular formula is C14H21ClN2O2. The summed E-state index contributed by atoms with van der Waals surface area (Å²) in [7, 11) is 0. The van der Waals surface area contributed by atoms with Crippen LogP contribution in [0.25, 0.3) is 0 Å². The lowest BCUT2D eigenvalue weighted by atomic mass is 9.94. The Hall–Kier alpha value is -1.26. The Morgan fingerprint density at radius 2 is 2.11 bits per heavy atom. The molecule has 0 unspecified atom stereocenters. The number of phenolic OH excluding ortho intramolecular Hbond substituents is 1. The summed E-state index contributed by atoms with van der Waals surface area (Å²) in [4.78, 5) is 11.9. The van der Waals surface area contributed by atoms with Gasteiger partial charge in [-0.05, 0) is 56.5 Å². The Balaban J connectivity index is 0.00000180. The van der Waals surface area contributed by atoms with Crippen LogP contribution in [0.1, 0.15) is 24.8 Å². The molecular weight excluding hydrogens is 264 g/mol. The molecule has 0 aromatic heterocycles. The second-order valence-electron chi connectivity index (χ2n) is 4.97. The van der Waals surface area contributed by atoms with E-state index in [4.69, 9.17) is 0 Å². The molecule has 1 fully saturated rings. The van der Waals surface area contributed by atoms with Gasteiger partial charge < -0.3 is 15.7 Å². The smallest absolute Gasteiger partial charge is 0.224 e. The maximum atomic E-state index is 11.9. The van der Waals surface area contributed by atoms with Gasteiger partial charge in [-0.1, -0.05) is 6.07 Å². The largest absolute Gasteiger partial charge is 0.506 e. The van der Waals surface area contributed by atoms with Crippen LogP contribution in [0.2, 0.25) is 0 Å². The number of halogens is 1. The average Bonchev–Trinajstić information content (AvgIpc) is 2.35. The van der Waals surface area contributed by atoms with Crippen LogP contribution in [0.5, 0.6) is 5.75 Å². The minimum Gasteiger partial charge on any atom is -0.506 e. The summed E-state index contributed by atoms with van der Waals surface area (Å²) in [5.74, 6) is 0.570. The van der Waals surface area contributed by atoms with Gasteiger partial charge in [0.15, 0.2) is 0 Å². The van der Waals surface area contributed by atoms with Gasteiger partial charge in [0.2, 0.25) is 5.91 Å². The zero-order chi connectivity index (χ0) is 13.0. The molecule has 0 aliphatic carbocycles. The number of nitrogens with one attached hydrogen (secondary N) is 2. The van der Waals surface area contributed by atoms with Crippen molar-refractivity contribution in [1.29, 1.82) is 0 Å². The molecule has 0 atom stereocenters. The first-order valence-corrected chi connectivity index (χ1v) is 6.45. The van der Waals surface area contributed by atoms with Crippen molar-refractivity contribution in [2.24, 2.45) is 5.92 Å². The molecule has 19 heavy (non-hydrogen) atoms. The predicted octanol–water partition coefficient (Wildman–Crippen LogP) is 2.45. The van der Waals surface area contributed by atoms with Crippen LogP contribution in [0.15, 0.2) is 18.2 Å². The summed E-state index contributed by atoms with van der Waals surface area (Å²) in [5.41, 5.74) is 1.53. The molecule has 1 aliphatic heterocycles. The number of hydrogen-bond donors (Lipinski definition) is 3. The van der Waals surface area contributed by atoms with Crippen molar-refractivity contribution in [1.82, 2.24) is 5.32 Å². The number of phenols is 1. The van der Waals surface area contributed by atoms with Crippen LogP contribution in [0.4, 0.5) is 5.69 Å². The molecule has 1 aliphatic rings. The van der Waals surface area contributed by atoms with Crippen LogP contribution in [-0.2, 0) is 4.79 Å². The van der Waals surface area contributed by atoms with E-state index < -0.39 is 0 Å². The van der Waals surface area contributed by atoms with Crippen LogP contribution < -0.4 is 10.6 Å². The molecule has 0 spiro atoms. The van der Waals surface area contributed by atoms with Gasteiger partial charge in [-0.15, -0.1) is 12.4 Å². The summed E-state index contributed by atoms with van der Waals surface area (Å²) in [5, 5.41) is 15.7. The number of anilines is 1. The fourth-order valence-corrected chi connectivity index (χ4v) is 2.30. The van der Waals surface area contributed by atoms with Gasteiger partial charge >= 0.3 is 0 Å². The van der Waals surface area contributed by atoms with E-state index in [1.165, 1.54) is 0 Å². The molecule has 0 saturated carbocycles. The lowest BCUT2D eigenvalue weighted by Gasteiger charge is -2.22. The van der Waals surface area contributed by atoms with Crippen molar-refractivity contribution in [2.45, 2.75) is 26.2 Å². The van der Waals surface area contributed by atoms with Gasteiger partial charge in [0.05, 0.1) is 5.69 Å². The zero-order valence-corrected chi connectivity index (χ0v) is 11.9. The molecule has 4 nitrogen and oxygen atoms in total. The summed E-state index contributed by atoms with van der Waals surface area (Å²) in [6.07, 6.45) is 2.63. The third-order valence-electron chi connectivity index (χ3n) is 3.36. The molecule has 2 rings (SSSR count). The maximum absolute atomic E-state index is 11.9. The van der Waals surface area contributed by atoms with Crippen molar-refractivity contribution in [2.75, 3.05) is 18.4 Å². The van der Waals surface area contributed by atoms with Crippen molar-refractivity contribution in [3.05, 3.63) is 23.8 Å². The first-order chi connectivity index (χ1) is 8.65. The van der Waals surface area contributed by atoms with Crippen molar-refractivity contribution >= 4 is 24.0 Å². The van der Waals surface area contributed by atoms with E-state index in [1.807, 2.05) is 13.0 Å². The molecule has 1 saturated heterocycles. The van der Waals surface area contributed by atoms with Crippen LogP contribution in [-0.4, -0.2) is 24.1 Å².